The topological polar surface area (TPSA) is 49.4 Å². The smallest absolute Gasteiger partial charge is 0.323 e. The van der Waals surface area contributed by atoms with Crippen molar-refractivity contribution in [2.45, 2.75) is 50.6 Å². The van der Waals surface area contributed by atoms with Crippen LogP contribution in [0.5, 0.6) is 0 Å². The molecule has 0 radical (unpaired) electrons. The molecule has 0 unspecified atom stereocenters. The average molecular weight is 341 g/mol. The Kier molecular flexibility index (Phi) is 4.33. The largest absolute Gasteiger partial charge is 0.325 e. The molecule has 1 saturated carbocycles. The Bertz CT molecular complexity index is 590. The van der Waals surface area contributed by atoms with E-state index in [1.807, 2.05) is 0 Å². The number of benzene rings is 1. The lowest BCUT2D eigenvalue weighted by Crippen LogP contribution is -2.46. The van der Waals surface area contributed by atoms with Crippen molar-refractivity contribution in [3.05, 3.63) is 33.8 Å². The van der Waals surface area contributed by atoms with Crippen molar-refractivity contribution in [2.75, 3.05) is 0 Å². The summed E-state index contributed by atoms with van der Waals surface area (Å²) in [5.41, 5.74) is -0.110. The number of urea groups is 1. The molecule has 2 aliphatic rings. The summed E-state index contributed by atoms with van der Waals surface area (Å²) in [6, 6.07) is 4.82. The van der Waals surface area contributed by atoms with Gasteiger partial charge in [0.1, 0.15) is 5.54 Å². The van der Waals surface area contributed by atoms with E-state index < -0.39 is 5.54 Å². The molecule has 3 amide bonds. The fraction of sp³-hybridized carbons (Fsp3) is 0.500. The van der Waals surface area contributed by atoms with E-state index in [2.05, 4.69) is 5.32 Å². The summed E-state index contributed by atoms with van der Waals surface area (Å²) < 4.78 is 0. The molecule has 1 aromatic carbocycles. The van der Waals surface area contributed by atoms with Gasteiger partial charge in [0, 0.05) is 15.6 Å². The van der Waals surface area contributed by atoms with Gasteiger partial charge in [-0.2, -0.15) is 0 Å². The molecule has 118 valence electrons. The van der Waals surface area contributed by atoms with Crippen LogP contribution in [0, 0.1) is 0 Å². The van der Waals surface area contributed by atoms with E-state index in [0.29, 0.717) is 28.5 Å². The molecule has 1 aromatic rings. The normalized spacial score (nSPS) is 21.1. The van der Waals surface area contributed by atoms with Gasteiger partial charge < -0.3 is 5.32 Å². The Morgan fingerprint density at radius 1 is 1.05 bits per heavy atom. The molecule has 22 heavy (non-hydrogen) atoms. The van der Waals surface area contributed by atoms with Gasteiger partial charge in [0.25, 0.3) is 5.91 Å². The zero-order valence-electron chi connectivity index (χ0n) is 12.2. The second-order valence-corrected chi connectivity index (χ2v) is 6.83. The number of amides is 3. The lowest BCUT2D eigenvalue weighted by atomic mass is 9.90. The molecule has 1 aliphatic heterocycles. The number of carbonyl (C=O) groups is 2. The molecule has 1 saturated heterocycles. The van der Waals surface area contributed by atoms with Crippen molar-refractivity contribution in [1.82, 2.24) is 10.2 Å². The van der Waals surface area contributed by atoms with Crippen molar-refractivity contribution in [3.63, 3.8) is 0 Å². The van der Waals surface area contributed by atoms with Crippen LogP contribution in [0.1, 0.15) is 44.1 Å². The van der Waals surface area contributed by atoms with Crippen molar-refractivity contribution < 1.29 is 9.59 Å². The number of hydrogen-bond donors (Lipinski definition) is 1. The standard InChI is InChI=1S/C16H18Cl2N2O2/c17-12-6-5-7-13(18)11(12)10-20-14(21)16(19-15(20)22)8-3-1-2-4-9-16/h5-7H,1-4,8-10H2,(H,19,22). The molecule has 2 fully saturated rings. The third-order valence-corrected chi connectivity index (χ3v) is 5.29. The molecule has 4 nitrogen and oxygen atoms in total. The Hall–Kier alpha value is -1.26. The van der Waals surface area contributed by atoms with Crippen LogP contribution >= 0.6 is 23.2 Å². The zero-order chi connectivity index (χ0) is 15.7. The first-order valence-corrected chi connectivity index (χ1v) is 8.36. The number of nitrogens with one attached hydrogen (secondary N) is 1. The average Bonchev–Trinajstić information content (AvgIpc) is 2.66. The number of nitrogens with zero attached hydrogens (tertiary/aromatic N) is 1. The quantitative estimate of drug-likeness (QED) is 0.822. The first kappa shape index (κ1) is 15.6. The Labute approximate surface area is 139 Å². The molecule has 1 N–H and O–H groups in total. The van der Waals surface area contributed by atoms with Gasteiger partial charge in [-0.15, -0.1) is 0 Å². The third-order valence-electron chi connectivity index (χ3n) is 4.58. The second kappa shape index (κ2) is 6.09. The highest BCUT2D eigenvalue weighted by molar-refractivity contribution is 6.36. The van der Waals surface area contributed by atoms with Gasteiger partial charge in [0.2, 0.25) is 0 Å². The lowest BCUT2D eigenvalue weighted by Gasteiger charge is -2.24. The highest BCUT2D eigenvalue weighted by Gasteiger charge is 2.50. The van der Waals surface area contributed by atoms with E-state index >= 15 is 0 Å². The van der Waals surface area contributed by atoms with Crippen LogP contribution in [-0.4, -0.2) is 22.4 Å². The van der Waals surface area contributed by atoms with Crippen LogP contribution in [0.2, 0.25) is 10.0 Å². The fourth-order valence-electron chi connectivity index (χ4n) is 3.33. The van der Waals surface area contributed by atoms with Crippen LogP contribution < -0.4 is 5.32 Å². The third kappa shape index (κ3) is 2.70. The van der Waals surface area contributed by atoms with Crippen LogP contribution in [0.4, 0.5) is 4.79 Å². The van der Waals surface area contributed by atoms with Crippen molar-refractivity contribution in [3.8, 4) is 0 Å². The van der Waals surface area contributed by atoms with Gasteiger partial charge in [-0.25, -0.2) is 4.79 Å². The van der Waals surface area contributed by atoms with E-state index in [1.54, 1.807) is 18.2 Å². The van der Waals surface area contributed by atoms with Crippen LogP contribution in [-0.2, 0) is 11.3 Å². The lowest BCUT2D eigenvalue weighted by molar-refractivity contribution is -0.132. The number of rotatable bonds is 2. The van der Waals surface area contributed by atoms with Crippen molar-refractivity contribution in [1.29, 1.82) is 0 Å². The van der Waals surface area contributed by atoms with E-state index in [1.165, 1.54) is 4.90 Å². The zero-order valence-corrected chi connectivity index (χ0v) is 13.7. The molecule has 0 aromatic heterocycles. The maximum absolute atomic E-state index is 12.8. The monoisotopic (exact) mass is 340 g/mol. The van der Waals surface area contributed by atoms with E-state index in [9.17, 15) is 9.59 Å². The minimum absolute atomic E-state index is 0.116. The molecule has 3 rings (SSSR count). The molecule has 1 heterocycles. The molecule has 6 heteroatoms. The molecule has 1 aliphatic carbocycles. The van der Waals surface area contributed by atoms with Gasteiger partial charge in [-0.05, 0) is 25.0 Å². The summed E-state index contributed by atoms with van der Waals surface area (Å²) in [6.45, 7) is 0.116. The summed E-state index contributed by atoms with van der Waals surface area (Å²) in [4.78, 5) is 26.4. The van der Waals surface area contributed by atoms with Gasteiger partial charge in [-0.1, -0.05) is 55.0 Å². The summed E-state index contributed by atoms with van der Waals surface area (Å²) in [5.74, 6) is -0.143. The molecule has 0 bridgehead atoms. The predicted molar refractivity (Wildman–Crippen MR) is 86.0 cm³/mol. The molecule has 0 atom stereocenters. The number of hydrogen-bond acceptors (Lipinski definition) is 2. The van der Waals surface area contributed by atoms with Gasteiger partial charge >= 0.3 is 6.03 Å². The van der Waals surface area contributed by atoms with Crippen LogP contribution in [0.15, 0.2) is 18.2 Å². The SMILES string of the molecule is O=C1NC2(CCCCCC2)C(=O)N1Cc1c(Cl)cccc1Cl. The molecular formula is C16H18Cl2N2O2. The summed E-state index contributed by atoms with van der Waals surface area (Å²) in [5, 5.41) is 3.85. The highest BCUT2D eigenvalue weighted by atomic mass is 35.5. The van der Waals surface area contributed by atoms with Crippen LogP contribution in [0.3, 0.4) is 0 Å². The molecule has 1 spiro atoms. The van der Waals surface area contributed by atoms with E-state index in [-0.39, 0.29) is 18.5 Å². The summed E-state index contributed by atoms with van der Waals surface area (Å²) in [7, 11) is 0. The highest BCUT2D eigenvalue weighted by Crippen LogP contribution is 2.34. The van der Waals surface area contributed by atoms with Crippen molar-refractivity contribution in [2.24, 2.45) is 0 Å². The Morgan fingerprint density at radius 3 is 2.23 bits per heavy atom. The van der Waals surface area contributed by atoms with Crippen LogP contribution in [0.25, 0.3) is 0 Å². The van der Waals surface area contributed by atoms with E-state index in [0.717, 1.165) is 25.7 Å². The maximum Gasteiger partial charge on any atom is 0.325 e. The maximum atomic E-state index is 12.8. The number of imide groups is 1. The van der Waals surface area contributed by atoms with Gasteiger partial charge in [0.05, 0.1) is 6.54 Å². The first-order chi connectivity index (χ1) is 10.5. The Morgan fingerprint density at radius 2 is 1.64 bits per heavy atom. The fourth-order valence-corrected chi connectivity index (χ4v) is 3.85. The van der Waals surface area contributed by atoms with E-state index in [4.69, 9.17) is 23.2 Å². The number of carbonyl (C=O) groups excluding carboxylic acids is 2. The Balaban J connectivity index is 1.86. The predicted octanol–water partition coefficient (Wildman–Crippen LogP) is 4.14. The second-order valence-electron chi connectivity index (χ2n) is 6.02. The number of halogens is 2. The molecular weight excluding hydrogens is 323 g/mol. The summed E-state index contributed by atoms with van der Waals surface area (Å²) >= 11 is 12.3. The minimum atomic E-state index is -0.721. The van der Waals surface area contributed by atoms with Gasteiger partial charge in [0.15, 0.2) is 0 Å². The first-order valence-electron chi connectivity index (χ1n) is 7.60. The minimum Gasteiger partial charge on any atom is -0.323 e. The van der Waals surface area contributed by atoms with Crippen molar-refractivity contribution >= 4 is 35.1 Å². The van der Waals surface area contributed by atoms with Gasteiger partial charge in [-0.3, -0.25) is 9.69 Å². The summed E-state index contributed by atoms with van der Waals surface area (Å²) in [6.07, 6.45) is 5.58.